The zero-order chi connectivity index (χ0) is 19.4. The second kappa shape index (κ2) is 7.86. The van der Waals surface area contributed by atoms with Crippen LogP contribution in [0.4, 0.5) is 5.69 Å². The van der Waals surface area contributed by atoms with Crippen molar-refractivity contribution in [3.05, 3.63) is 65.9 Å². The van der Waals surface area contributed by atoms with E-state index in [0.29, 0.717) is 28.1 Å². The number of esters is 1. The first kappa shape index (κ1) is 18.4. The highest BCUT2D eigenvalue weighted by Crippen LogP contribution is 2.28. The number of pyridine rings is 1. The van der Waals surface area contributed by atoms with Crippen LogP contribution in [-0.4, -0.2) is 30.1 Å². The number of methoxy groups -OCH3 is 1. The second-order valence-electron chi connectivity index (χ2n) is 6.20. The summed E-state index contributed by atoms with van der Waals surface area (Å²) >= 11 is 0. The van der Waals surface area contributed by atoms with Crippen LogP contribution in [0, 0.1) is 0 Å². The summed E-state index contributed by atoms with van der Waals surface area (Å²) in [7, 11) is 1.31. The molecule has 1 aromatic heterocycles. The third kappa shape index (κ3) is 4.06. The van der Waals surface area contributed by atoms with Crippen molar-refractivity contribution in [1.29, 1.82) is 0 Å². The van der Waals surface area contributed by atoms with Crippen molar-refractivity contribution in [2.24, 2.45) is 0 Å². The first-order valence-electron chi connectivity index (χ1n) is 8.53. The molecular formula is C21H20N2O4. The molecule has 0 aliphatic heterocycles. The maximum absolute atomic E-state index is 12.9. The minimum absolute atomic E-state index is 0.0937. The van der Waals surface area contributed by atoms with Gasteiger partial charge in [0.2, 0.25) is 0 Å². The van der Waals surface area contributed by atoms with Gasteiger partial charge in [-0.25, -0.2) is 4.79 Å². The predicted molar refractivity (Wildman–Crippen MR) is 103 cm³/mol. The number of hydrogen-bond donors (Lipinski definition) is 1. The highest BCUT2D eigenvalue weighted by molar-refractivity contribution is 6.12. The summed E-state index contributed by atoms with van der Waals surface area (Å²) in [6.07, 6.45) is 1.55. The molecule has 0 spiro atoms. The maximum Gasteiger partial charge on any atom is 0.337 e. The summed E-state index contributed by atoms with van der Waals surface area (Å²) in [6, 6.07) is 13.9. The van der Waals surface area contributed by atoms with Gasteiger partial charge in [0, 0.05) is 11.6 Å². The molecule has 0 saturated carbocycles. The number of anilines is 1. The number of amides is 1. The van der Waals surface area contributed by atoms with Gasteiger partial charge < -0.3 is 14.8 Å². The Morgan fingerprint density at radius 3 is 2.59 bits per heavy atom. The van der Waals surface area contributed by atoms with Crippen LogP contribution in [-0.2, 0) is 4.74 Å². The van der Waals surface area contributed by atoms with Crippen molar-refractivity contribution < 1.29 is 19.1 Å². The molecule has 27 heavy (non-hydrogen) atoms. The lowest BCUT2D eigenvalue weighted by Gasteiger charge is -2.16. The number of rotatable bonds is 5. The van der Waals surface area contributed by atoms with E-state index >= 15 is 0 Å². The number of aromatic nitrogens is 1. The van der Waals surface area contributed by atoms with E-state index in [9.17, 15) is 9.59 Å². The number of para-hydroxylation sites is 1. The summed E-state index contributed by atoms with van der Waals surface area (Å²) in [5.74, 6) is -0.359. The van der Waals surface area contributed by atoms with E-state index in [2.05, 4.69) is 10.3 Å². The molecule has 1 N–H and O–H groups in total. The molecule has 3 rings (SSSR count). The van der Waals surface area contributed by atoms with Crippen molar-refractivity contribution in [3.8, 4) is 5.75 Å². The van der Waals surface area contributed by atoms with Gasteiger partial charge >= 0.3 is 5.97 Å². The van der Waals surface area contributed by atoms with Crippen LogP contribution < -0.4 is 10.1 Å². The fourth-order valence-electron chi connectivity index (χ4n) is 2.71. The van der Waals surface area contributed by atoms with Crippen LogP contribution in [0.15, 0.2) is 54.7 Å². The fourth-order valence-corrected chi connectivity index (χ4v) is 2.71. The molecule has 0 saturated heterocycles. The van der Waals surface area contributed by atoms with E-state index in [-0.39, 0.29) is 12.0 Å². The quantitative estimate of drug-likeness (QED) is 0.691. The van der Waals surface area contributed by atoms with Crippen LogP contribution in [0.2, 0.25) is 0 Å². The van der Waals surface area contributed by atoms with Gasteiger partial charge in [-0.05, 0) is 44.2 Å². The van der Waals surface area contributed by atoms with Gasteiger partial charge in [-0.3, -0.25) is 9.78 Å². The first-order chi connectivity index (χ1) is 13.0. The molecule has 6 nitrogen and oxygen atoms in total. The Balaban J connectivity index is 1.99. The van der Waals surface area contributed by atoms with E-state index in [4.69, 9.17) is 9.47 Å². The number of carbonyl (C=O) groups excluding carboxylic acids is 2. The molecule has 1 heterocycles. The largest absolute Gasteiger partial charge is 0.489 e. The summed E-state index contributed by atoms with van der Waals surface area (Å²) in [5.41, 5.74) is 1.75. The van der Waals surface area contributed by atoms with E-state index in [0.717, 1.165) is 5.39 Å². The van der Waals surface area contributed by atoms with Gasteiger partial charge in [0.05, 0.1) is 35.5 Å². The summed E-state index contributed by atoms with van der Waals surface area (Å²) in [4.78, 5) is 29.0. The van der Waals surface area contributed by atoms with Gasteiger partial charge in [0.1, 0.15) is 5.75 Å². The minimum atomic E-state index is -0.492. The molecule has 0 aliphatic carbocycles. The highest BCUT2D eigenvalue weighted by Gasteiger charge is 2.16. The van der Waals surface area contributed by atoms with Crippen molar-refractivity contribution >= 4 is 28.5 Å². The maximum atomic E-state index is 12.9. The molecule has 2 aromatic carbocycles. The summed E-state index contributed by atoms with van der Waals surface area (Å²) in [6.45, 7) is 3.77. The molecule has 0 bridgehead atoms. The Hall–Kier alpha value is -3.41. The Morgan fingerprint density at radius 2 is 1.85 bits per heavy atom. The lowest BCUT2D eigenvalue weighted by molar-refractivity contribution is 0.0600. The van der Waals surface area contributed by atoms with Crippen molar-refractivity contribution in [2.75, 3.05) is 12.4 Å². The third-order valence-corrected chi connectivity index (χ3v) is 3.89. The van der Waals surface area contributed by atoms with Crippen LogP contribution >= 0.6 is 0 Å². The SMILES string of the molecule is COC(=O)c1ccc(OC(C)C)c(NC(=O)c2cccc3cccnc23)c1. The predicted octanol–water partition coefficient (Wildman–Crippen LogP) is 4.06. The minimum Gasteiger partial charge on any atom is -0.489 e. The highest BCUT2D eigenvalue weighted by atomic mass is 16.5. The fraction of sp³-hybridized carbons (Fsp3) is 0.190. The van der Waals surface area contributed by atoms with E-state index in [1.54, 1.807) is 36.5 Å². The Bertz CT molecular complexity index is 993. The number of ether oxygens (including phenoxy) is 2. The third-order valence-electron chi connectivity index (χ3n) is 3.89. The topological polar surface area (TPSA) is 77.5 Å². The number of carbonyl (C=O) groups is 2. The molecule has 0 radical (unpaired) electrons. The van der Waals surface area contributed by atoms with Crippen LogP contribution in [0.3, 0.4) is 0 Å². The van der Waals surface area contributed by atoms with Gasteiger partial charge in [-0.1, -0.05) is 18.2 Å². The van der Waals surface area contributed by atoms with Crippen molar-refractivity contribution in [3.63, 3.8) is 0 Å². The van der Waals surface area contributed by atoms with Crippen molar-refractivity contribution in [1.82, 2.24) is 4.98 Å². The Kier molecular flexibility index (Phi) is 5.35. The standard InChI is InChI=1S/C21H20N2O4/c1-13(2)27-18-10-9-15(21(25)26-3)12-17(18)23-20(24)16-8-4-6-14-7-5-11-22-19(14)16/h4-13H,1-3H3,(H,23,24). The number of benzene rings is 2. The molecule has 3 aromatic rings. The molecule has 0 fully saturated rings. The normalized spacial score (nSPS) is 10.7. The summed E-state index contributed by atoms with van der Waals surface area (Å²) < 4.78 is 10.5. The number of hydrogen-bond acceptors (Lipinski definition) is 5. The number of nitrogens with one attached hydrogen (secondary N) is 1. The average molecular weight is 364 g/mol. The van der Waals surface area contributed by atoms with Gasteiger partial charge in [-0.15, -0.1) is 0 Å². The summed E-state index contributed by atoms with van der Waals surface area (Å²) in [5, 5.41) is 3.70. The van der Waals surface area contributed by atoms with E-state index < -0.39 is 5.97 Å². The average Bonchev–Trinajstić information content (AvgIpc) is 2.67. The molecule has 1 amide bonds. The van der Waals surface area contributed by atoms with Crippen molar-refractivity contribution in [2.45, 2.75) is 20.0 Å². The monoisotopic (exact) mass is 364 g/mol. The zero-order valence-electron chi connectivity index (χ0n) is 15.4. The number of fused-ring (bicyclic) bond motifs is 1. The Morgan fingerprint density at radius 1 is 1.07 bits per heavy atom. The first-order valence-corrected chi connectivity index (χ1v) is 8.53. The van der Waals surface area contributed by atoms with E-state index in [1.807, 2.05) is 32.0 Å². The molecular weight excluding hydrogens is 344 g/mol. The van der Waals surface area contributed by atoms with Crippen LogP contribution in [0.5, 0.6) is 5.75 Å². The van der Waals surface area contributed by atoms with Crippen LogP contribution in [0.25, 0.3) is 10.9 Å². The molecule has 0 unspecified atom stereocenters. The number of nitrogens with zero attached hydrogens (tertiary/aromatic N) is 1. The van der Waals surface area contributed by atoms with E-state index in [1.165, 1.54) is 7.11 Å². The second-order valence-corrected chi connectivity index (χ2v) is 6.20. The molecule has 138 valence electrons. The van der Waals surface area contributed by atoms with Crippen LogP contribution in [0.1, 0.15) is 34.6 Å². The zero-order valence-corrected chi connectivity index (χ0v) is 15.4. The van der Waals surface area contributed by atoms with Gasteiger partial charge in [-0.2, -0.15) is 0 Å². The molecule has 0 aliphatic rings. The lowest BCUT2D eigenvalue weighted by Crippen LogP contribution is -2.16. The van der Waals surface area contributed by atoms with Gasteiger partial charge in [0.15, 0.2) is 0 Å². The molecule has 0 atom stereocenters. The lowest BCUT2D eigenvalue weighted by atomic mass is 10.1. The Labute approximate surface area is 157 Å². The smallest absolute Gasteiger partial charge is 0.337 e. The van der Waals surface area contributed by atoms with Gasteiger partial charge in [0.25, 0.3) is 5.91 Å². The molecule has 6 heteroatoms.